The van der Waals surface area contributed by atoms with Gasteiger partial charge in [0, 0.05) is 18.0 Å². The van der Waals surface area contributed by atoms with Gasteiger partial charge in [-0.1, -0.05) is 12.1 Å². The van der Waals surface area contributed by atoms with Crippen LogP contribution < -0.4 is 10.9 Å². The number of rotatable bonds is 6. The highest BCUT2D eigenvalue weighted by Crippen LogP contribution is 2.12. The second kappa shape index (κ2) is 8.97. The lowest BCUT2D eigenvalue weighted by Crippen LogP contribution is -2.22. The number of halogens is 1. The zero-order chi connectivity index (χ0) is 20.8. The molecule has 2 aromatic carbocycles. The van der Waals surface area contributed by atoms with E-state index in [9.17, 15) is 18.8 Å². The molecule has 3 rings (SSSR count). The Kier molecular flexibility index (Phi) is 6.19. The molecular weight excluding hydrogens is 375 g/mol. The molecular formula is C22H19FN2O4. The number of nitrogens with one attached hydrogen (secondary N) is 1. The third-order valence-corrected chi connectivity index (χ3v) is 4.17. The Hall–Kier alpha value is -3.74. The molecule has 0 aliphatic heterocycles. The van der Waals surface area contributed by atoms with Gasteiger partial charge >= 0.3 is 5.97 Å². The van der Waals surface area contributed by atoms with Crippen LogP contribution in [0, 0.1) is 5.82 Å². The van der Waals surface area contributed by atoms with Crippen LogP contribution in [0.2, 0.25) is 0 Å². The molecule has 0 saturated heterocycles. The summed E-state index contributed by atoms with van der Waals surface area (Å²) >= 11 is 0. The zero-order valence-electron chi connectivity index (χ0n) is 15.7. The fourth-order valence-corrected chi connectivity index (χ4v) is 2.68. The quantitative estimate of drug-likeness (QED) is 0.650. The Morgan fingerprint density at radius 2 is 1.62 bits per heavy atom. The molecule has 0 bridgehead atoms. The van der Waals surface area contributed by atoms with Crippen molar-refractivity contribution >= 4 is 17.6 Å². The first kappa shape index (κ1) is 20.0. The van der Waals surface area contributed by atoms with E-state index in [0.717, 1.165) is 5.56 Å². The van der Waals surface area contributed by atoms with Crippen LogP contribution in [-0.4, -0.2) is 23.1 Å². The second-order valence-corrected chi connectivity index (χ2v) is 6.26. The molecule has 0 aliphatic rings. The van der Waals surface area contributed by atoms with Gasteiger partial charge in [-0.15, -0.1) is 0 Å². The van der Waals surface area contributed by atoms with Gasteiger partial charge in [0.25, 0.3) is 11.5 Å². The summed E-state index contributed by atoms with van der Waals surface area (Å²) in [5.74, 6) is -1.19. The van der Waals surface area contributed by atoms with Crippen molar-refractivity contribution in [1.82, 2.24) is 4.57 Å². The van der Waals surface area contributed by atoms with E-state index in [-0.39, 0.29) is 24.5 Å². The molecule has 1 heterocycles. The fourth-order valence-electron chi connectivity index (χ4n) is 2.68. The van der Waals surface area contributed by atoms with Crippen molar-refractivity contribution in [3.05, 3.63) is 99.7 Å². The summed E-state index contributed by atoms with van der Waals surface area (Å²) in [7, 11) is 0. The predicted molar refractivity (Wildman–Crippen MR) is 107 cm³/mol. The average Bonchev–Trinajstić information content (AvgIpc) is 2.72. The molecule has 0 aliphatic carbocycles. The molecule has 1 N–H and O–H groups in total. The Balaban J connectivity index is 1.73. The zero-order valence-corrected chi connectivity index (χ0v) is 15.7. The molecule has 0 unspecified atom stereocenters. The summed E-state index contributed by atoms with van der Waals surface area (Å²) in [5.41, 5.74) is 1.64. The smallest absolute Gasteiger partial charge is 0.338 e. The van der Waals surface area contributed by atoms with Crippen molar-refractivity contribution in [3.8, 4) is 0 Å². The maximum Gasteiger partial charge on any atom is 0.338 e. The molecule has 0 fully saturated rings. The standard InChI is InChI=1S/C22H19FN2O4/c1-2-29-22(28)16-5-10-19(11-6-16)24-21(27)17-7-12-20(26)25(14-17)13-15-3-8-18(23)9-4-15/h3-12,14H,2,13H2,1H3,(H,24,27). The number of aromatic nitrogens is 1. The average molecular weight is 394 g/mol. The summed E-state index contributed by atoms with van der Waals surface area (Å²) in [4.78, 5) is 36.3. The highest BCUT2D eigenvalue weighted by atomic mass is 19.1. The summed E-state index contributed by atoms with van der Waals surface area (Å²) in [5, 5.41) is 2.72. The van der Waals surface area contributed by atoms with Crippen molar-refractivity contribution in [2.45, 2.75) is 13.5 Å². The van der Waals surface area contributed by atoms with Crippen LogP contribution in [0.3, 0.4) is 0 Å². The third-order valence-electron chi connectivity index (χ3n) is 4.17. The molecule has 0 spiro atoms. The normalized spacial score (nSPS) is 10.4. The van der Waals surface area contributed by atoms with Crippen molar-refractivity contribution in [3.63, 3.8) is 0 Å². The molecule has 29 heavy (non-hydrogen) atoms. The van der Waals surface area contributed by atoms with Crippen molar-refractivity contribution in [2.24, 2.45) is 0 Å². The van der Waals surface area contributed by atoms with E-state index in [4.69, 9.17) is 4.74 Å². The second-order valence-electron chi connectivity index (χ2n) is 6.26. The number of benzene rings is 2. The molecule has 148 valence electrons. The molecule has 1 amide bonds. The van der Waals surface area contributed by atoms with E-state index >= 15 is 0 Å². The van der Waals surface area contributed by atoms with E-state index in [1.54, 1.807) is 43.3 Å². The SMILES string of the molecule is CCOC(=O)c1ccc(NC(=O)c2ccc(=O)n(Cc3ccc(F)cc3)c2)cc1. The Bertz CT molecular complexity index is 1070. The van der Waals surface area contributed by atoms with Gasteiger partial charge in [0.15, 0.2) is 0 Å². The number of hydrogen-bond acceptors (Lipinski definition) is 4. The third kappa shape index (κ3) is 5.16. The summed E-state index contributed by atoms with van der Waals surface area (Å²) < 4.78 is 19.3. The molecule has 3 aromatic rings. The lowest BCUT2D eigenvalue weighted by molar-refractivity contribution is 0.0526. The van der Waals surface area contributed by atoms with Gasteiger partial charge < -0.3 is 14.6 Å². The molecule has 6 nitrogen and oxygen atoms in total. The van der Waals surface area contributed by atoms with Crippen LogP contribution in [0.25, 0.3) is 0 Å². The minimum Gasteiger partial charge on any atom is -0.462 e. The van der Waals surface area contributed by atoms with Crippen LogP contribution in [0.1, 0.15) is 33.2 Å². The maximum atomic E-state index is 13.0. The predicted octanol–water partition coefficient (Wildman–Crippen LogP) is 3.46. The first-order valence-electron chi connectivity index (χ1n) is 8.99. The van der Waals surface area contributed by atoms with Crippen molar-refractivity contribution in [2.75, 3.05) is 11.9 Å². The molecule has 0 atom stereocenters. The number of amides is 1. The first-order chi connectivity index (χ1) is 14.0. The highest BCUT2D eigenvalue weighted by Gasteiger charge is 2.10. The number of carbonyl (C=O) groups excluding carboxylic acids is 2. The van der Waals surface area contributed by atoms with Gasteiger partial charge in [-0.05, 0) is 55.0 Å². The van der Waals surface area contributed by atoms with Crippen molar-refractivity contribution in [1.29, 1.82) is 0 Å². The van der Waals surface area contributed by atoms with E-state index in [1.807, 2.05) is 0 Å². The Morgan fingerprint density at radius 3 is 2.28 bits per heavy atom. The van der Waals surface area contributed by atoms with E-state index in [0.29, 0.717) is 16.8 Å². The minimum absolute atomic E-state index is 0.217. The van der Waals surface area contributed by atoms with Gasteiger partial charge in [0.1, 0.15) is 5.82 Å². The lowest BCUT2D eigenvalue weighted by atomic mass is 10.2. The van der Waals surface area contributed by atoms with Crippen LogP contribution in [0.4, 0.5) is 10.1 Å². The van der Waals surface area contributed by atoms with Gasteiger partial charge in [-0.25, -0.2) is 9.18 Å². The number of anilines is 1. The Morgan fingerprint density at radius 1 is 0.966 bits per heavy atom. The summed E-state index contributed by atoms with van der Waals surface area (Å²) in [6.07, 6.45) is 1.45. The number of nitrogens with zero attached hydrogens (tertiary/aromatic N) is 1. The highest BCUT2D eigenvalue weighted by molar-refractivity contribution is 6.04. The maximum absolute atomic E-state index is 13.0. The number of pyridine rings is 1. The van der Waals surface area contributed by atoms with Gasteiger partial charge in [-0.3, -0.25) is 9.59 Å². The topological polar surface area (TPSA) is 77.4 Å². The largest absolute Gasteiger partial charge is 0.462 e. The number of ether oxygens (including phenoxy) is 1. The van der Waals surface area contributed by atoms with Crippen LogP contribution >= 0.6 is 0 Å². The fraction of sp³-hybridized carbons (Fsp3) is 0.136. The monoisotopic (exact) mass is 394 g/mol. The van der Waals surface area contributed by atoms with E-state index < -0.39 is 11.9 Å². The van der Waals surface area contributed by atoms with Crippen LogP contribution in [-0.2, 0) is 11.3 Å². The summed E-state index contributed by atoms with van der Waals surface area (Å²) in [6.45, 7) is 2.22. The van der Waals surface area contributed by atoms with E-state index in [1.165, 1.54) is 35.0 Å². The van der Waals surface area contributed by atoms with Crippen LogP contribution in [0.15, 0.2) is 71.7 Å². The van der Waals surface area contributed by atoms with Crippen molar-refractivity contribution < 1.29 is 18.7 Å². The van der Waals surface area contributed by atoms with Gasteiger partial charge in [0.2, 0.25) is 0 Å². The van der Waals surface area contributed by atoms with Gasteiger partial charge in [0.05, 0.1) is 24.3 Å². The Labute approximate surface area is 166 Å². The lowest BCUT2D eigenvalue weighted by Gasteiger charge is -2.10. The number of carbonyl (C=O) groups is 2. The first-order valence-corrected chi connectivity index (χ1v) is 8.99. The minimum atomic E-state index is -0.432. The molecule has 0 radical (unpaired) electrons. The molecule has 7 heteroatoms. The number of hydrogen-bond donors (Lipinski definition) is 1. The molecule has 0 saturated carbocycles. The molecule has 1 aromatic heterocycles. The van der Waals surface area contributed by atoms with E-state index in [2.05, 4.69) is 5.32 Å². The van der Waals surface area contributed by atoms with Crippen LogP contribution in [0.5, 0.6) is 0 Å². The summed E-state index contributed by atoms with van der Waals surface area (Å²) in [6, 6.07) is 14.9. The number of esters is 1. The van der Waals surface area contributed by atoms with Gasteiger partial charge in [-0.2, -0.15) is 0 Å².